The van der Waals surface area contributed by atoms with Crippen molar-refractivity contribution in [3.63, 3.8) is 0 Å². The molecule has 33 heavy (non-hydrogen) atoms. The topological polar surface area (TPSA) is 101 Å². The van der Waals surface area contributed by atoms with Gasteiger partial charge in [0.25, 0.3) is 5.92 Å². The van der Waals surface area contributed by atoms with Crippen LogP contribution in [0.1, 0.15) is 29.8 Å². The molecule has 178 valence electrons. The van der Waals surface area contributed by atoms with Crippen LogP contribution in [0.3, 0.4) is 0 Å². The lowest BCUT2D eigenvalue weighted by molar-refractivity contribution is -0.0217. The number of hydrogen-bond acceptors (Lipinski definition) is 5. The Morgan fingerprint density at radius 2 is 2.18 bits per heavy atom. The summed E-state index contributed by atoms with van der Waals surface area (Å²) >= 11 is 2.96. The quantitative estimate of drug-likeness (QED) is 0.590. The molecule has 0 saturated carbocycles. The van der Waals surface area contributed by atoms with Gasteiger partial charge in [-0.3, -0.25) is 4.68 Å². The van der Waals surface area contributed by atoms with Crippen molar-refractivity contribution in [2.24, 2.45) is 5.92 Å². The van der Waals surface area contributed by atoms with E-state index in [0.29, 0.717) is 17.7 Å². The molecule has 13 heteroatoms. The number of nitrogens with zero attached hydrogens (tertiary/aromatic N) is 4. The Labute approximate surface area is 195 Å². The van der Waals surface area contributed by atoms with Crippen molar-refractivity contribution in [1.29, 1.82) is 0 Å². The van der Waals surface area contributed by atoms with Crippen LogP contribution in [0.5, 0.6) is 0 Å². The van der Waals surface area contributed by atoms with E-state index in [0.717, 1.165) is 0 Å². The maximum Gasteiger partial charge on any atom is 0.406 e. The molecule has 0 fully saturated rings. The van der Waals surface area contributed by atoms with Crippen molar-refractivity contribution in [3.05, 3.63) is 39.6 Å². The molecule has 0 bridgehead atoms. The number of urea groups is 1. The maximum atomic E-state index is 15.1. The monoisotopic (exact) mass is 530 g/mol. The minimum Gasteiger partial charge on any atom is -0.453 e. The van der Waals surface area contributed by atoms with Crippen LogP contribution in [0.4, 0.5) is 28.4 Å². The van der Waals surface area contributed by atoms with Crippen molar-refractivity contribution in [2.45, 2.75) is 38.3 Å². The SMILES string of the molecule is COC(=O)NC[C@H]1CCC(F)(F)c2c3c(nn2C1)CCN(C(=O)Nc1ccnc(Br)c1F)C3. The Morgan fingerprint density at radius 3 is 2.94 bits per heavy atom. The summed E-state index contributed by atoms with van der Waals surface area (Å²) < 4.78 is 50.3. The molecule has 0 aromatic carbocycles. The van der Waals surface area contributed by atoms with Crippen LogP contribution in [0.25, 0.3) is 0 Å². The number of hydrogen-bond donors (Lipinski definition) is 2. The van der Waals surface area contributed by atoms with Gasteiger partial charge in [-0.05, 0) is 34.3 Å². The van der Waals surface area contributed by atoms with Crippen LogP contribution in [-0.4, -0.2) is 52.0 Å². The third-order valence-corrected chi connectivity index (χ3v) is 6.39. The van der Waals surface area contributed by atoms with Crippen molar-refractivity contribution in [3.8, 4) is 0 Å². The zero-order valence-corrected chi connectivity index (χ0v) is 19.3. The van der Waals surface area contributed by atoms with E-state index in [1.165, 1.54) is 29.0 Å². The van der Waals surface area contributed by atoms with Crippen LogP contribution in [-0.2, 0) is 30.2 Å². The number of alkyl carbamates (subject to hydrolysis) is 1. The molecule has 2 N–H and O–H groups in total. The van der Waals surface area contributed by atoms with Crippen LogP contribution >= 0.6 is 15.9 Å². The van der Waals surface area contributed by atoms with Gasteiger partial charge in [0, 0.05) is 44.2 Å². The highest BCUT2D eigenvalue weighted by Crippen LogP contribution is 2.41. The number of rotatable bonds is 3. The van der Waals surface area contributed by atoms with E-state index >= 15 is 8.78 Å². The third kappa shape index (κ3) is 4.77. The van der Waals surface area contributed by atoms with Crippen molar-refractivity contribution in [2.75, 3.05) is 25.5 Å². The fourth-order valence-electron chi connectivity index (χ4n) is 4.16. The zero-order chi connectivity index (χ0) is 23.8. The highest BCUT2D eigenvalue weighted by atomic mass is 79.9. The van der Waals surface area contributed by atoms with Gasteiger partial charge in [0.2, 0.25) is 0 Å². The highest BCUT2D eigenvalue weighted by Gasteiger charge is 2.43. The minimum atomic E-state index is -3.14. The minimum absolute atomic E-state index is 0.0425. The average Bonchev–Trinajstić information content (AvgIpc) is 3.10. The van der Waals surface area contributed by atoms with Gasteiger partial charge >= 0.3 is 12.1 Å². The first kappa shape index (κ1) is 23.3. The van der Waals surface area contributed by atoms with Gasteiger partial charge in [-0.15, -0.1) is 0 Å². The number of nitrogens with one attached hydrogen (secondary N) is 2. The Bertz CT molecular complexity index is 1080. The second-order valence-corrected chi connectivity index (χ2v) is 8.75. The molecule has 4 heterocycles. The molecule has 0 spiro atoms. The smallest absolute Gasteiger partial charge is 0.406 e. The lowest BCUT2D eigenvalue weighted by Gasteiger charge is -2.28. The number of halogens is 4. The summed E-state index contributed by atoms with van der Waals surface area (Å²) in [5.41, 5.74) is 0.577. The Kier molecular flexibility index (Phi) is 6.50. The van der Waals surface area contributed by atoms with E-state index in [4.69, 9.17) is 0 Å². The number of pyridine rings is 1. The maximum absolute atomic E-state index is 15.1. The van der Waals surface area contributed by atoms with Gasteiger partial charge in [-0.25, -0.2) is 19.0 Å². The van der Waals surface area contributed by atoms with Gasteiger partial charge in [0.1, 0.15) is 10.3 Å². The number of amides is 3. The lowest BCUT2D eigenvalue weighted by atomic mass is 9.98. The summed E-state index contributed by atoms with van der Waals surface area (Å²) in [7, 11) is 1.24. The molecule has 2 aromatic rings. The van der Waals surface area contributed by atoms with E-state index in [-0.39, 0.29) is 54.5 Å². The summed E-state index contributed by atoms with van der Waals surface area (Å²) in [6, 6.07) is 0.713. The van der Waals surface area contributed by atoms with Crippen molar-refractivity contribution in [1.82, 2.24) is 25.0 Å². The van der Waals surface area contributed by atoms with Gasteiger partial charge in [-0.1, -0.05) is 0 Å². The molecular formula is C20H22BrF3N6O3. The second kappa shape index (κ2) is 9.20. The van der Waals surface area contributed by atoms with Crippen LogP contribution in [0.2, 0.25) is 0 Å². The first-order valence-electron chi connectivity index (χ1n) is 10.3. The van der Waals surface area contributed by atoms with E-state index in [1.54, 1.807) is 0 Å². The first-order chi connectivity index (χ1) is 15.7. The zero-order valence-electron chi connectivity index (χ0n) is 17.7. The summed E-state index contributed by atoms with van der Waals surface area (Å²) in [6.07, 6.45) is 0.800. The molecule has 2 aliphatic rings. The summed E-state index contributed by atoms with van der Waals surface area (Å²) in [4.78, 5) is 29.2. The Balaban J connectivity index is 1.54. The molecule has 0 aliphatic carbocycles. The van der Waals surface area contributed by atoms with Crippen LogP contribution in [0.15, 0.2) is 16.9 Å². The number of carbonyl (C=O) groups excluding carboxylic acids is 2. The molecule has 1 atom stereocenters. The molecular weight excluding hydrogens is 509 g/mol. The predicted molar refractivity (Wildman–Crippen MR) is 114 cm³/mol. The van der Waals surface area contributed by atoms with E-state index in [9.17, 15) is 14.0 Å². The predicted octanol–water partition coefficient (Wildman–Crippen LogP) is 3.63. The molecule has 2 aliphatic heterocycles. The van der Waals surface area contributed by atoms with Crippen molar-refractivity contribution >= 4 is 33.7 Å². The highest BCUT2D eigenvalue weighted by molar-refractivity contribution is 9.10. The van der Waals surface area contributed by atoms with Crippen molar-refractivity contribution < 1.29 is 27.5 Å². The molecule has 3 amide bonds. The van der Waals surface area contributed by atoms with E-state index in [2.05, 4.69) is 41.4 Å². The van der Waals surface area contributed by atoms with E-state index < -0.39 is 30.3 Å². The Morgan fingerprint density at radius 1 is 1.39 bits per heavy atom. The number of anilines is 1. The normalized spacial score (nSPS) is 19.2. The summed E-state index contributed by atoms with van der Waals surface area (Å²) in [5, 5.41) is 9.44. The van der Waals surface area contributed by atoms with E-state index in [1.807, 2.05) is 0 Å². The average molecular weight is 531 g/mol. The molecule has 2 aromatic heterocycles. The molecule has 9 nitrogen and oxygen atoms in total. The number of carbonyl (C=O) groups is 2. The number of methoxy groups -OCH3 is 1. The lowest BCUT2D eigenvalue weighted by Crippen LogP contribution is -2.39. The number of ether oxygens (including phenoxy) is 1. The molecule has 4 rings (SSSR count). The fourth-order valence-corrected chi connectivity index (χ4v) is 4.49. The summed E-state index contributed by atoms with van der Waals surface area (Å²) in [6.45, 7) is 0.589. The fraction of sp³-hybridized carbons (Fsp3) is 0.500. The second-order valence-electron chi connectivity index (χ2n) is 8.00. The van der Waals surface area contributed by atoms with Gasteiger partial charge in [-0.2, -0.15) is 13.9 Å². The molecule has 0 unspecified atom stereocenters. The van der Waals surface area contributed by atoms with Crippen LogP contribution < -0.4 is 10.6 Å². The summed E-state index contributed by atoms with van der Waals surface area (Å²) in [5.74, 6) is -4.10. The number of aromatic nitrogens is 3. The largest absolute Gasteiger partial charge is 0.453 e. The van der Waals surface area contributed by atoms with Gasteiger partial charge < -0.3 is 20.3 Å². The van der Waals surface area contributed by atoms with Crippen LogP contribution in [0, 0.1) is 11.7 Å². The number of fused-ring (bicyclic) bond motifs is 3. The van der Waals surface area contributed by atoms with Gasteiger partial charge in [0.05, 0.1) is 25.0 Å². The molecule has 0 saturated heterocycles. The first-order valence-corrected chi connectivity index (χ1v) is 11.1. The third-order valence-electron chi connectivity index (χ3n) is 5.84. The Hall–Kier alpha value is -2.83. The molecule has 0 radical (unpaired) electrons. The van der Waals surface area contributed by atoms with Gasteiger partial charge in [0.15, 0.2) is 5.82 Å². The standard InChI is InChI=1S/C20H22BrF3N6O3/c1-33-19(32)26-8-11-2-5-20(23,24)16-12-10-29(7-4-13(12)28-30(16)9-11)18(31)27-14-3-6-25-17(21)15(14)22/h3,6,11H,2,4-5,7-10H2,1H3,(H,26,32)(H,25,27,31)/t11-/m1/s1. The number of alkyl halides is 2.